The third-order valence-electron chi connectivity index (χ3n) is 3.76. The molecule has 0 atom stereocenters. The largest absolute Gasteiger partial charge is 0.491 e. The van der Waals surface area contributed by atoms with Crippen molar-refractivity contribution in [3.05, 3.63) is 71.2 Å². The molecular formula is C21H20FNO3. The molecule has 0 spiro atoms. The van der Waals surface area contributed by atoms with E-state index in [0.717, 1.165) is 16.9 Å². The van der Waals surface area contributed by atoms with E-state index in [1.54, 1.807) is 18.2 Å². The van der Waals surface area contributed by atoms with Gasteiger partial charge in [0.1, 0.15) is 11.6 Å². The summed E-state index contributed by atoms with van der Waals surface area (Å²) in [6.07, 6.45) is 2.90. The van der Waals surface area contributed by atoms with Crippen LogP contribution in [0.3, 0.4) is 0 Å². The Morgan fingerprint density at radius 2 is 1.77 bits per heavy atom. The van der Waals surface area contributed by atoms with Gasteiger partial charge in [-0.25, -0.2) is 14.2 Å². The average Bonchev–Trinajstić information content (AvgIpc) is 2.95. The second kappa shape index (κ2) is 7.95. The Kier molecular flexibility index (Phi) is 5.46. The predicted molar refractivity (Wildman–Crippen MR) is 98.4 cm³/mol. The van der Waals surface area contributed by atoms with E-state index in [-0.39, 0.29) is 17.6 Å². The third-order valence-corrected chi connectivity index (χ3v) is 3.76. The first-order chi connectivity index (χ1) is 12.5. The van der Waals surface area contributed by atoms with E-state index in [1.165, 1.54) is 12.1 Å². The summed E-state index contributed by atoms with van der Waals surface area (Å²) in [7, 11) is 0. The van der Waals surface area contributed by atoms with Crippen LogP contribution >= 0.6 is 0 Å². The van der Waals surface area contributed by atoms with E-state index >= 15 is 0 Å². The van der Waals surface area contributed by atoms with Crippen molar-refractivity contribution in [1.29, 1.82) is 0 Å². The summed E-state index contributed by atoms with van der Waals surface area (Å²) < 4.78 is 23.7. The summed E-state index contributed by atoms with van der Waals surface area (Å²) in [5.74, 6) is 0.431. The Bertz CT molecular complexity index is 837. The molecule has 26 heavy (non-hydrogen) atoms. The molecule has 0 unspecified atom stereocenters. The standard InChI is InChI=1S/C21H20FNO3/c1-14(2)25-18-10-5-16(6-11-18)13-19-21(24)26-20(23-19)12-7-15-3-8-17(22)9-4-15/h3-6,8-11,13-14H,7,12H2,1-2H3/b19-13+. The molecule has 0 bridgehead atoms. The first-order valence-electron chi connectivity index (χ1n) is 8.52. The highest BCUT2D eigenvalue weighted by Crippen LogP contribution is 2.20. The van der Waals surface area contributed by atoms with Gasteiger partial charge in [-0.05, 0) is 61.7 Å². The first kappa shape index (κ1) is 17.9. The molecule has 2 aromatic rings. The smallest absolute Gasteiger partial charge is 0.363 e. The second-order valence-corrected chi connectivity index (χ2v) is 6.29. The SMILES string of the molecule is CC(C)Oc1ccc(/C=C2/N=C(CCc3ccc(F)cc3)OC2=O)cc1. The number of rotatable bonds is 6. The number of benzene rings is 2. The highest BCUT2D eigenvalue weighted by Gasteiger charge is 2.22. The Morgan fingerprint density at radius 1 is 1.08 bits per heavy atom. The third kappa shape index (κ3) is 4.79. The quantitative estimate of drug-likeness (QED) is 0.566. The second-order valence-electron chi connectivity index (χ2n) is 6.29. The number of halogens is 1. The van der Waals surface area contributed by atoms with Gasteiger partial charge in [0.05, 0.1) is 6.10 Å². The molecule has 0 radical (unpaired) electrons. The molecule has 1 aliphatic heterocycles. The van der Waals surface area contributed by atoms with Gasteiger partial charge in [-0.3, -0.25) is 0 Å². The van der Waals surface area contributed by atoms with Crippen molar-refractivity contribution >= 4 is 17.9 Å². The highest BCUT2D eigenvalue weighted by molar-refractivity contribution is 6.07. The Hall–Kier alpha value is -2.95. The Balaban J connectivity index is 1.65. The monoisotopic (exact) mass is 353 g/mol. The van der Waals surface area contributed by atoms with Crippen LogP contribution in [0.4, 0.5) is 4.39 Å². The van der Waals surface area contributed by atoms with Crippen molar-refractivity contribution in [3.8, 4) is 5.75 Å². The molecule has 0 fully saturated rings. The number of cyclic esters (lactones) is 1. The number of aryl methyl sites for hydroxylation is 1. The van der Waals surface area contributed by atoms with Crippen LogP contribution in [0, 0.1) is 5.82 Å². The molecule has 4 nitrogen and oxygen atoms in total. The summed E-state index contributed by atoms with van der Waals surface area (Å²) in [4.78, 5) is 16.2. The van der Waals surface area contributed by atoms with Crippen LogP contribution in [0.5, 0.6) is 5.75 Å². The fourth-order valence-corrected chi connectivity index (χ4v) is 2.54. The van der Waals surface area contributed by atoms with Gasteiger partial charge in [-0.15, -0.1) is 0 Å². The number of aliphatic imine (C=N–C) groups is 1. The number of nitrogens with zero attached hydrogens (tertiary/aromatic N) is 1. The van der Waals surface area contributed by atoms with E-state index in [4.69, 9.17) is 9.47 Å². The first-order valence-corrected chi connectivity index (χ1v) is 8.52. The Labute approximate surface area is 152 Å². The van der Waals surface area contributed by atoms with E-state index < -0.39 is 5.97 Å². The molecule has 5 heteroatoms. The summed E-state index contributed by atoms with van der Waals surface area (Å²) in [5, 5.41) is 0. The zero-order valence-corrected chi connectivity index (χ0v) is 14.7. The van der Waals surface area contributed by atoms with Gasteiger partial charge < -0.3 is 9.47 Å². The van der Waals surface area contributed by atoms with Crippen molar-refractivity contribution < 1.29 is 18.7 Å². The molecule has 3 rings (SSSR count). The lowest BCUT2D eigenvalue weighted by atomic mass is 10.1. The highest BCUT2D eigenvalue weighted by atomic mass is 19.1. The molecule has 0 N–H and O–H groups in total. The minimum Gasteiger partial charge on any atom is -0.491 e. The molecule has 0 aromatic heterocycles. The van der Waals surface area contributed by atoms with Gasteiger partial charge in [-0.1, -0.05) is 24.3 Å². The van der Waals surface area contributed by atoms with Crippen molar-refractivity contribution in [2.45, 2.75) is 32.8 Å². The molecule has 0 saturated carbocycles. The van der Waals surface area contributed by atoms with E-state index in [0.29, 0.717) is 18.7 Å². The van der Waals surface area contributed by atoms with Crippen LogP contribution in [0.15, 0.2) is 59.2 Å². The Morgan fingerprint density at radius 3 is 2.42 bits per heavy atom. The van der Waals surface area contributed by atoms with Gasteiger partial charge in [0.2, 0.25) is 0 Å². The lowest BCUT2D eigenvalue weighted by Crippen LogP contribution is -2.05. The predicted octanol–water partition coefficient (Wildman–Crippen LogP) is 4.54. The maximum absolute atomic E-state index is 12.9. The minimum absolute atomic E-state index is 0.109. The fraction of sp³-hybridized carbons (Fsp3) is 0.238. The fourth-order valence-electron chi connectivity index (χ4n) is 2.54. The van der Waals surface area contributed by atoms with Gasteiger partial charge >= 0.3 is 5.97 Å². The summed E-state index contributed by atoms with van der Waals surface area (Å²) >= 11 is 0. The number of esters is 1. The zero-order chi connectivity index (χ0) is 18.5. The van der Waals surface area contributed by atoms with E-state index in [2.05, 4.69) is 4.99 Å². The molecule has 1 heterocycles. The van der Waals surface area contributed by atoms with Crippen LogP contribution in [0.25, 0.3) is 6.08 Å². The van der Waals surface area contributed by atoms with Crippen LogP contribution in [0.1, 0.15) is 31.4 Å². The van der Waals surface area contributed by atoms with Crippen LogP contribution in [0.2, 0.25) is 0 Å². The van der Waals surface area contributed by atoms with Crippen molar-refractivity contribution in [2.75, 3.05) is 0 Å². The summed E-state index contributed by atoms with van der Waals surface area (Å²) in [5.41, 5.74) is 2.08. The molecule has 1 aliphatic rings. The van der Waals surface area contributed by atoms with E-state index in [9.17, 15) is 9.18 Å². The van der Waals surface area contributed by atoms with Crippen LogP contribution in [-0.2, 0) is 16.0 Å². The normalized spacial score (nSPS) is 15.3. The topological polar surface area (TPSA) is 47.9 Å². The average molecular weight is 353 g/mol. The summed E-state index contributed by atoms with van der Waals surface area (Å²) in [6, 6.07) is 13.7. The van der Waals surface area contributed by atoms with Crippen molar-refractivity contribution in [1.82, 2.24) is 0 Å². The molecule has 0 aliphatic carbocycles. The van der Waals surface area contributed by atoms with E-state index in [1.807, 2.05) is 38.1 Å². The summed E-state index contributed by atoms with van der Waals surface area (Å²) in [6.45, 7) is 3.93. The van der Waals surface area contributed by atoms with Gasteiger partial charge in [-0.2, -0.15) is 0 Å². The van der Waals surface area contributed by atoms with Crippen molar-refractivity contribution in [2.24, 2.45) is 4.99 Å². The maximum Gasteiger partial charge on any atom is 0.363 e. The van der Waals surface area contributed by atoms with Gasteiger partial charge in [0, 0.05) is 6.42 Å². The lowest BCUT2D eigenvalue weighted by Gasteiger charge is -2.09. The van der Waals surface area contributed by atoms with Gasteiger partial charge in [0.25, 0.3) is 0 Å². The van der Waals surface area contributed by atoms with Gasteiger partial charge in [0.15, 0.2) is 11.6 Å². The van der Waals surface area contributed by atoms with Crippen LogP contribution < -0.4 is 4.74 Å². The molecule has 0 saturated heterocycles. The molecule has 2 aromatic carbocycles. The molecular weight excluding hydrogens is 333 g/mol. The lowest BCUT2D eigenvalue weighted by molar-refractivity contribution is -0.130. The van der Waals surface area contributed by atoms with Crippen LogP contribution in [-0.4, -0.2) is 18.0 Å². The molecule has 134 valence electrons. The number of carbonyl (C=O) groups excluding carboxylic acids is 1. The maximum atomic E-state index is 12.9. The number of hydrogen-bond acceptors (Lipinski definition) is 4. The number of hydrogen-bond donors (Lipinski definition) is 0. The number of ether oxygens (including phenoxy) is 2. The van der Waals surface area contributed by atoms with Crippen molar-refractivity contribution in [3.63, 3.8) is 0 Å². The molecule has 0 amide bonds. The minimum atomic E-state index is -0.457. The zero-order valence-electron chi connectivity index (χ0n) is 14.7. The number of carbonyl (C=O) groups is 1.